The van der Waals surface area contributed by atoms with E-state index in [0.29, 0.717) is 0 Å². The lowest BCUT2D eigenvalue weighted by Crippen LogP contribution is -2.12. The lowest BCUT2D eigenvalue weighted by atomic mass is 10.1. The van der Waals surface area contributed by atoms with Gasteiger partial charge in [-0.2, -0.15) is 0 Å². The van der Waals surface area contributed by atoms with E-state index in [2.05, 4.69) is 11.9 Å². The molecule has 0 aromatic heterocycles. The van der Waals surface area contributed by atoms with Crippen LogP contribution in [0.3, 0.4) is 0 Å². The third-order valence-corrected chi connectivity index (χ3v) is 1.97. The van der Waals surface area contributed by atoms with Crippen molar-refractivity contribution in [3.8, 4) is 0 Å². The molecule has 2 heteroatoms. The Hall–Kier alpha value is -1.02. The molecule has 0 unspecified atom stereocenters. The first-order valence-electron chi connectivity index (χ1n) is 5.35. The van der Waals surface area contributed by atoms with Crippen molar-refractivity contribution in [1.29, 1.82) is 0 Å². The van der Waals surface area contributed by atoms with E-state index in [4.69, 9.17) is 4.74 Å². The van der Waals surface area contributed by atoms with Crippen LogP contribution in [-0.2, 0) is 4.74 Å². The van der Waals surface area contributed by atoms with Gasteiger partial charge in [0.1, 0.15) is 5.76 Å². The maximum absolute atomic E-state index is 5.72. The van der Waals surface area contributed by atoms with Crippen LogP contribution in [0, 0.1) is 0 Å². The summed E-state index contributed by atoms with van der Waals surface area (Å²) in [4.78, 5) is 0. The number of hydrogen-bond donors (Lipinski definition) is 1. The zero-order valence-electron chi connectivity index (χ0n) is 10.6. The van der Waals surface area contributed by atoms with Crippen molar-refractivity contribution >= 4 is 0 Å². The second-order valence-corrected chi connectivity index (χ2v) is 3.79. The van der Waals surface area contributed by atoms with Gasteiger partial charge in [0, 0.05) is 6.54 Å². The molecule has 0 amide bonds. The topological polar surface area (TPSA) is 21.3 Å². The van der Waals surface area contributed by atoms with Gasteiger partial charge in [-0.1, -0.05) is 12.7 Å². The molecule has 0 spiro atoms. The molecule has 0 rings (SSSR count). The van der Waals surface area contributed by atoms with Crippen LogP contribution in [0.4, 0.5) is 0 Å². The van der Waals surface area contributed by atoms with E-state index < -0.39 is 0 Å². The lowest BCUT2D eigenvalue weighted by molar-refractivity contribution is 0.155. The predicted molar refractivity (Wildman–Crippen MR) is 66.8 cm³/mol. The Kier molecular flexibility index (Phi) is 6.80. The zero-order valence-corrected chi connectivity index (χ0v) is 10.6. The van der Waals surface area contributed by atoms with Crippen molar-refractivity contribution in [2.75, 3.05) is 13.6 Å². The summed E-state index contributed by atoms with van der Waals surface area (Å²) in [7, 11) is 1.91. The SMILES string of the molecule is C=C(CNC)/C(C)=C(/C=C\C)OC(C)C. The first-order chi connectivity index (χ1) is 7.02. The van der Waals surface area contributed by atoms with Crippen LogP contribution in [0.5, 0.6) is 0 Å². The summed E-state index contributed by atoms with van der Waals surface area (Å²) in [5.41, 5.74) is 2.17. The minimum atomic E-state index is 0.188. The van der Waals surface area contributed by atoms with Crippen LogP contribution >= 0.6 is 0 Å². The number of ether oxygens (including phenoxy) is 1. The molecule has 0 saturated heterocycles. The Morgan fingerprint density at radius 3 is 2.47 bits per heavy atom. The van der Waals surface area contributed by atoms with E-state index in [9.17, 15) is 0 Å². The quantitative estimate of drug-likeness (QED) is 0.536. The monoisotopic (exact) mass is 209 g/mol. The number of nitrogens with one attached hydrogen (secondary N) is 1. The molecule has 0 saturated carbocycles. The fourth-order valence-electron chi connectivity index (χ4n) is 1.18. The maximum atomic E-state index is 5.72. The highest BCUT2D eigenvalue weighted by Gasteiger charge is 2.05. The average Bonchev–Trinajstić information content (AvgIpc) is 2.16. The third-order valence-electron chi connectivity index (χ3n) is 1.97. The highest BCUT2D eigenvalue weighted by Crippen LogP contribution is 2.16. The summed E-state index contributed by atoms with van der Waals surface area (Å²) >= 11 is 0. The van der Waals surface area contributed by atoms with E-state index in [1.54, 1.807) is 0 Å². The Bertz CT molecular complexity index is 262. The van der Waals surface area contributed by atoms with Crippen LogP contribution in [0.2, 0.25) is 0 Å². The van der Waals surface area contributed by atoms with Gasteiger partial charge >= 0.3 is 0 Å². The Labute approximate surface area is 93.7 Å². The van der Waals surface area contributed by atoms with E-state index in [1.165, 1.54) is 0 Å². The minimum Gasteiger partial charge on any atom is -0.491 e. The smallest absolute Gasteiger partial charge is 0.122 e. The van der Waals surface area contributed by atoms with Gasteiger partial charge in [0.15, 0.2) is 0 Å². The summed E-state index contributed by atoms with van der Waals surface area (Å²) in [5.74, 6) is 0.910. The van der Waals surface area contributed by atoms with Crippen molar-refractivity contribution in [3.63, 3.8) is 0 Å². The van der Waals surface area contributed by atoms with Gasteiger partial charge < -0.3 is 10.1 Å². The van der Waals surface area contributed by atoms with Crippen molar-refractivity contribution in [2.45, 2.75) is 33.8 Å². The molecule has 0 atom stereocenters. The Balaban J connectivity index is 4.82. The largest absolute Gasteiger partial charge is 0.491 e. The molecule has 0 aromatic rings. The van der Waals surface area contributed by atoms with Gasteiger partial charge in [0.2, 0.25) is 0 Å². The number of rotatable bonds is 6. The summed E-state index contributed by atoms with van der Waals surface area (Å²) in [6, 6.07) is 0. The first kappa shape index (κ1) is 14.0. The van der Waals surface area contributed by atoms with Gasteiger partial charge in [-0.25, -0.2) is 0 Å². The molecule has 86 valence electrons. The van der Waals surface area contributed by atoms with Crippen molar-refractivity contribution in [1.82, 2.24) is 5.32 Å². The van der Waals surface area contributed by atoms with Crippen molar-refractivity contribution < 1.29 is 4.74 Å². The maximum Gasteiger partial charge on any atom is 0.122 e. The molecule has 0 aliphatic carbocycles. The van der Waals surface area contributed by atoms with Crippen LogP contribution < -0.4 is 5.32 Å². The molecule has 0 fully saturated rings. The summed E-state index contributed by atoms with van der Waals surface area (Å²) in [6.45, 7) is 12.9. The molecule has 1 N–H and O–H groups in total. The van der Waals surface area contributed by atoms with Crippen LogP contribution in [0.25, 0.3) is 0 Å². The van der Waals surface area contributed by atoms with Gasteiger partial charge in [-0.15, -0.1) is 0 Å². The average molecular weight is 209 g/mol. The zero-order chi connectivity index (χ0) is 11.8. The van der Waals surface area contributed by atoms with E-state index in [0.717, 1.165) is 23.5 Å². The fourth-order valence-corrected chi connectivity index (χ4v) is 1.18. The standard InChI is InChI=1S/C13H23NO/c1-7-8-13(15-10(2)3)12(5)11(4)9-14-6/h7-8,10,14H,4,9H2,1-3,5-6H3/b8-7-,13-12-. The highest BCUT2D eigenvalue weighted by molar-refractivity contribution is 5.34. The molecule has 0 heterocycles. The van der Waals surface area contributed by atoms with Crippen LogP contribution in [0.15, 0.2) is 35.6 Å². The minimum absolute atomic E-state index is 0.188. The first-order valence-corrected chi connectivity index (χ1v) is 5.35. The second-order valence-electron chi connectivity index (χ2n) is 3.79. The number of allylic oxidation sites excluding steroid dienone is 2. The molecule has 0 bridgehead atoms. The molecule has 2 nitrogen and oxygen atoms in total. The van der Waals surface area contributed by atoms with Gasteiger partial charge in [0.05, 0.1) is 6.10 Å². The molecule has 0 aliphatic heterocycles. The van der Waals surface area contributed by atoms with E-state index in [-0.39, 0.29) is 6.10 Å². The molecular weight excluding hydrogens is 186 g/mol. The molecular formula is C13H23NO. The van der Waals surface area contributed by atoms with Crippen LogP contribution in [0.1, 0.15) is 27.7 Å². The molecule has 0 radical (unpaired) electrons. The predicted octanol–water partition coefficient (Wildman–Crippen LogP) is 3.04. The fraction of sp³-hybridized carbons (Fsp3) is 0.538. The summed E-state index contributed by atoms with van der Waals surface area (Å²) in [5, 5.41) is 3.09. The molecule has 0 aromatic carbocycles. The second kappa shape index (κ2) is 7.30. The van der Waals surface area contributed by atoms with Crippen LogP contribution in [-0.4, -0.2) is 19.7 Å². The summed E-state index contributed by atoms with van der Waals surface area (Å²) in [6.07, 6.45) is 4.15. The van der Waals surface area contributed by atoms with Crippen molar-refractivity contribution in [2.24, 2.45) is 0 Å². The summed E-state index contributed by atoms with van der Waals surface area (Å²) < 4.78 is 5.72. The lowest BCUT2D eigenvalue weighted by Gasteiger charge is -2.15. The third kappa shape index (κ3) is 5.43. The van der Waals surface area contributed by atoms with Gasteiger partial charge in [-0.3, -0.25) is 0 Å². The highest BCUT2D eigenvalue weighted by atomic mass is 16.5. The number of hydrogen-bond acceptors (Lipinski definition) is 2. The molecule has 0 aliphatic rings. The van der Waals surface area contributed by atoms with E-state index >= 15 is 0 Å². The van der Waals surface area contributed by atoms with E-state index in [1.807, 2.05) is 46.9 Å². The van der Waals surface area contributed by atoms with Gasteiger partial charge in [0.25, 0.3) is 0 Å². The molecule has 15 heavy (non-hydrogen) atoms. The Morgan fingerprint density at radius 1 is 1.47 bits per heavy atom. The Morgan fingerprint density at radius 2 is 2.07 bits per heavy atom. The van der Waals surface area contributed by atoms with Gasteiger partial charge in [-0.05, 0) is 52.0 Å². The van der Waals surface area contributed by atoms with Crippen molar-refractivity contribution in [3.05, 3.63) is 35.6 Å². The number of likely N-dealkylation sites (N-methyl/N-ethyl adjacent to an activating group) is 1. The normalized spacial score (nSPS) is 13.2.